The summed E-state index contributed by atoms with van der Waals surface area (Å²) in [7, 11) is 0. The number of thioether (sulfide) groups is 1. The molecule has 7 heteroatoms. The molecule has 3 rings (SSSR count). The molecule has 170 valence electrons. The van der Waals surface area contributed by atoms with E-state index in [4.69, 9.17) is 4.74 Å². The number of carbonyl (C=O) groups excluding carboxylic acids is 1. The van der Waals surface area contributed by atoms with E-state index < -0.39 is 0 Å². The highest BCUT2D eigenvalue weighted by Gasteiger charge is 2.24. The topological polar surface area (TPSA) is 50.7 Å². The summed E-state index contributed by atoms with van der Waals surface area (Å²) in [6.45, 7) is 4.96. The van der Waals surface area contributed by atoms with Crippen molar-refractivity contribution in [3.63, 3.8) is 0 Å². The van der Waals surface area contributed by atoms with Gasteiger partial charge in [0, 0.05) is 0 Å². The van der Waals surface area contributed by atoms with E-state index in [-0.39, 0.29) is 5.91 Å². The largest absolute Gasteiger partial charge is 0.491 e. The highest BCUT2D eigenvalue weighted by molar-refractivity contribution is 9.11. The van der Waals surface area contributed by atoms with Gasteiger partial charge in [0.05, 0.1) is 26.1 Å². The molecule has 1 amide bonds. The van der Waals surface area contributed by atoms with Crippen LogP contribution in [0.15, 0.2) is 55.2 Å². The zero-order valence-electron chi connectivity index (χ0n) is 18.4. The first-order valence-electron chi connectivity index (χ1n) is 10.9. The summed E-state index contributed by atoms with van der Waals surface area (Å²) in [5, 5.41) is 3.42. The van der Waals surface area contributed by atoms with Gasteiger partial charge in [-0.2, -0.15) is 0 Å². The monoisotopic (exact) mass is 578 g/mol. The van der Waals surface area contributed by atoms with Crippen LogP contribution in [0.4, 0.5) is 5.69 Å². The molecule has 0 saturated carbocycles. The fourth-order valence-corrected chi connectivity index (χ4v) is 5.52. The minimum atomic E-state index is -0.142. The molecule has 4 nitrogen and oxygen atoms in total. The minimum Gasteiger partial charge on any atom is -0.491 e. The van der Waals surface area contributed by atoms with Crippen LogP contribution >= 0.6 is 43.6 Å². The predicted molar refractivity (Wildman–Crippen MR) is 143 cm³/mol. The standard InChI is InChI=1S/C25H28Br2N2O2S/c1-3-4-5-6-7-8-13-31-23-20(26)14-18(15-21(23)27)16-22-24(30)29-25(32-22)28-19-11-9-17(2)10-12-19/h9-12,14-16H,3-8,13H2,1-2H3,(H,28,29,30)/b22-16+. The van der Waals surface area contributed by atoms with Crippen LogP contribution in [0.5, 0.6) is 5.75 Å². The zero-order chi connectivity index (χ0) is 22.9. The third-order valence-electron chi connectivity index (χ3n) is 4.98. The Morgan fingerprint density at radius 1 is 1.03 bits per heavy atom. The van der Waals surface area contributed by atoms with Gasteiger partial charge in [0.15, 0.2) is 5.17 Å². The summed E-state index contributed by atoms with van der Waals surface area (Å²) in [5.74, 6) is 0.655. The van der Waals surface area contributed by atoms with E-state index in [1.165, 1.54) is 49.4 Å². The van der Waals surface area contributed by atoms with Crippen LogP contribution < -0.4 is 10.1 Å². The number of carbonyl (C=O) groups is 1. The average molecular weight is 580 g/mol. The van der Waals surface area contributed by atoms with Crippen LogP contribution in [-0.4, -0.2) is 17.7 Å². The lowest BCUT2D eigenvalue weighted by Crippen LogP contribution is -2.19. The molecule has 32 heavy (non-hydrogen) atoms. The molecule has 2 aromatic rings. The summed E-state index contributed by atoms with van der Waals surface area (Å²) < 4.78 is 7.72. The number of amidine groups is 1. The van der Waals surface area contributed by atoms with Gasteiger partial charge in [-0.3, -0.25) is 4.79 Å². The van der Waals surface area contributed by atoms with Crippen LogP contribution in [0.25, 0.3) is 6.08 Å². The molecule has 1 heterocycles. The Labute approximate surface area is 211 Å². The van der Waals surface area contributed by atoms with Crippen molar-refractivity contribution in [2.75, 3.05) is 6.61 Å². The molecule has 0 spiro atoms. The summed E-state index contributed by atoms with van der Waals surface area (Å²) in [6, 6.07) is 11.8. The Morgan fingerprint density at radius 2 is 1.69 bits per heavy atom. The maximum atomic E-state index is 12.4. The Bertz CT molecular complexity index is 980. The number of amides is 1. The second-order valence-corrected chi connectivity index (χ2v) is 10.5. The Morgan fingerprint density at radius 3 is 2.38 bits per heavy atom. The highest BCUT2D eigenvalue weighted by atomic mass is 79.9. The molecule has 0 atom stereocenters. The molecule has 0 bridgehead atoms. The molecule has 0 unspecified atom stereocenters. The zero-order valence-corrected chi connectivity index (χ0v) is 22.4. The number of aryl methyl sites for hydroxylation is 1. The Balaban J connectivity index is 1.61. The maximum Gasteiger partial charge on any atom is 0.264 e. The second kappa shape index (κ2) is 12.6. The third kappa shape index (κ3) is 7.49. The average Bonchev–Trinajstić information content (AvgIpc) is 3.09. The first kappa shape index (κ1) is 25.1. The number of hydrogen-bond acceptors (Lipinski definition) is 4. The molecule has 0 aromatic heterocycles. The molecule has 1 aliphatic rings. The lowest BCUT2D eigenvalue weighted by molar-refractivity contribution is -0.115. The van der Waals surface area contributed by atoms with Crippen LogP contribution in [-0.2, 0) is 4.79 Å². The number of nitrogens with one attached hydrogen (secondary N) is 1. The van der Waals surface area contributed by atoms with Crippen molar-refractivity contribution in [2.24, 2.45) is 4.99 Å². The summed E-state index contributed by atoms with van der Waals surface area (Å²) in [6.07, 6.45) is 9.25. The number of ether oxygens (including phenoxy) is 1. The van der Waals surface area contributed by atoms with Gasteiger partial charge in [0.25, 0.3) is 5.91 Å². The van der Waals surface area contributed by atoms with Gasteiger partial charge in [0.2, 0.25) is 0 Å². The fraction of sp³-hybridized carbons (Fsp3) is 0.360. The van der Waals surface area contributed by atoms with E-state index in [1.807, 2.05) is 49.4 Å². The number of nitrogens with zero attached hydrogens (tertiary/aromatic N) is 1. The van der Waals surface area contributed by atoms with Crippen molar-refractivity contribution in [3.05, 3.63) is 61.4 Å². The fourth-order valence-electron chi connectivity index (χ4n) is 3.23. The lowest BCUT2D eigenvalue weighted by Gasteiger charge is -2.11. The summed E-state index contributed by atoms with van der Waals surface area (Å²) in [5.41, 5.74) is 2.90. The first-order chi connectivity index (χ1) is 15.5. The molecule has 0 radical (unpaired) electrons. The third-order valence-corrected chi connectivity index (χ3v) is 7.07. The Hall–Kier alpha value is -1.57. The first-order valence-corrected chi connectivity index (χ1v) is 13.3. The predicted octanol–water partition coefficient (Wildman–Crippen LogP) is 8.15. The highest BCUT2D eigenvalue weighted by Crippen LogP contribution is 2.37. The SMILES string of the molecule is CCCCCCCCOc1c(Br)cc(/C=C2/SC(=Nc3ccc(C)cc3)NC2=O)cc1Br. The normalized spacial score (nSPS) is 16.1. The van der Waals surface area contributed by atoms with E-state index >= 15 is 0 Å². The quantitative estimate of drug-likeness (QED) is 0.228. The molecule has 1 aliphatic heterocycles. The van der Waals surface area contributed by atoms with Gasteiger partial charge >= 0.3 is 0 Å². The van der Waals surface area contributed by atoms with Crippen LogP contribution in [0, 0.1) is 6.92 Å². The van der Waals surface area contributed by atoms with Gasteiger partial charge in [0.1, 0.15) is 5.75 Å². The summed E-state index contributed by atoms with van der Waals surface area (Å²) in [4.78, 5) is 17.5. The van der Waals surface area contributed by atoms with Crippen molar-refractivity contribution < 1.29 is 9.53 Å². The molecule has 1 N–H and O–H groups in total. The van der Waals surface area contributed by atoms with E-state index in [9.17, 15) is 4.79 Å². The van der Waals surface area contributed by atoms with Crippen molar-refractivity contribution in [1.29, 1.82) is 0 Å². The van der Waals surface area contributed by atoms with Crippen LogP contribution in [0.2, 0.25) is 0 Å². The van der Waals surface area contributed by atoms with Gasteiger partial charge in [-0.25, -0.2) is 4.99 Å². The minimum absolute atomic E-state index is 0.142. The van der Waals surface area contributed by atoms with E-state index in [0.717, 1.165) is 32.4 Å². The van der Waals surface area contributed by atoms with Crippen molar-refractivity contribution in [2.45, 2.75) is 52.4 Å². The lowest BCUT2D eigenvalue weighted by atomic mass is 10.1. The van der Waals surface area contributed by atoms with Gasteiger partial charge in [-0.05, 0) is 92.9 Å². The van der Waals surface area contributed by atoms with Gasteiger partial charge in [-0.1, -0.05) is 56.7 Å². The molecular formula is C25H28Br2N2O2S. The number of aliphatic imine (C=N–C) groups is 1. The smallest absolute Gasteiger partial charge is 0.264 e. The van der Waals surface area contributed by atoms with Crippen molar-refractivity contribution in [1.82, 2.24) is 5.32 Å². The molecule has 1 fully saturated rings. The molecular weight excluding hydrogens is 552 g/mol. The van der Waals surface area contributed by atoms with E-state index in [0.29, 0.717) is 16.7 Å². The molecule has 0 aliphatic carbocycles. The number of rotatable bonds is 10. The second-order valence-electron chi connectivity index (χ2n) is 7.75. The number of hydrogen-bond donors (Lipinski definition) is 1. The van der Waals surface area contributed by atoms with Crippen molar-refractivity contribution >= 4 is 66.5 Å². The summed E-state index contributed by atoms with van der Waals surface area (Å²) >= 11 is 8.57. The van der Waals surface area contributed by atoms with Crippen molar-refractivity contribution in [3.8, 4) is 5.75 Å². The van der Waals surface area contributed by atoms with Crippen LogP contribution in [0.1, 0.15) is 56.6 Å². The maximum absolute atomic E-state index is 12.4. The number of unbranched alkanes of at least 4 members (excludes halogenated alkanes) is 5. The van der Waals surface area contributed by atoms with E-state index in [1.54, 1.807) is 0 Å². The van der Waals surface area contributed by atoms with E-state index in [2.05, 4.69) is 49.1 Å². The number of halogens is 2. The van der Waals surface area contributed by atoms with Gasteiger partial charge < -0.3 is 10.1 Å². The molecule has 1 saturated heterocycles. The number of benzene rings is 2. The van der Waals surface area contributed by atoms with Crippen LogP contribution in [0.3, 0.4) is 0 Å². The Kier molecular flexibility index (Phi) is 9.88. The van der Waals surface area contributed by atoms with Gasteiger partial charge in [-0.15, -0.1) is 0 Å². The molecule has 2 aromatic carbocycles.